The summed E-state index contributed by atoms with van der Waals surface area (Å²) < 4.78 is 0. The number of carbonyl (C=O) groups excluding carboxylic acids is 1. The van der Waals surface area contributed by atoms with Gasteiger partial charge in [-0.1, -0.05) is 29.8 Å². The molecule has 0 fully saturated rings. The lowest BCUT2D eigenvalue weighted by Gasteiger charge is -2.17. The van der Waals surface area contributed by atoms with Crippen LogP contribution < -0.4 is 4.90 Å². The number of amides is 1. The molecule has 0 aromatic heterocycles. The van der Waals surface area contributed by atoms with Crippen LogP contribution in [0.5, 0.6) is 0 Å². The number of nitro benzene ring substituents is 1. The number of carbonyl (C=O) groups is 1. The van der Waals surface area contributed by atoms with E-state index in [4.69, 9.17) is 11.6 Å². The van der Waals surface area contributed by atoms with Crippen LogP contribution in [-0.2, 0) is 6.42 Å². The highest BCUT2D eigenvalue weighted by Crippen LogP contribution is 2.33. The molecule has 1 aliphatic heterocycles. The molecule has 1 aliphatic rings. The van der Waals surface area contributed by atoms with Gasteiger partial charge in [-0.3, -0.25) is 14.9 Å². The van der Waals surface area contributed by atoms with E-state index in [-0.39, 0.29) is 11.6 Å². The summed E-state index contributed by atoms with van der Waals surface area (Å²) in [6, 6.07) is 11.4. The van der Waals surface area contributed by atoms with Crippen LogP contribution in [0, 0.1) is 10.1 Å². The molecular formula is C15H11ClN2O3. The highest BCUT2D eigenvalue weighted by atomic mass is 35.5. The zero-order valence-electron chi connectivity index (χ0n) is 11.0. The first-order valence-electron chi connectivity index (χ1n) is 6.41. The Morgan fingerprint density at radius 3 is 2.71 bits per heavy atom. The summed E-state index contributed by atoms with van der Waals surface area (Å²) in [7, 11) is 0. The van der Waals surface area contributed by atoms with E-state index in [1.54, 1.807) is 35.2 Å². The highest BCUT2D eigenvalue weighted by Gasteiger charge is 2.28. The highest BCUT2D eigenvalue weighted by molar-refractivity contribution is 6.34. The SMILES string of the molecule is O=C(c1ccccc1Cl)N1CCc2ccc([N+](=O)[O-])cc21. The average Bonchev–Trinajstić information content (AvgIpc) is 2.90. The Hall–Kier alpha value is -2.40. The van der Waals surface area contributed by atoms with Crippen LogP contribution in [0.4, 0.5) is 11.4 Å². The summed E-state index contributed by atoms with van der Waals surface area (Å²) in [6.07, 6.45) is 0.684. The quantitative estimate of drug-likeness (QED) is 0.630. The van der Waals surface area contributed by atoms with Gasteiger partial charge < -0.3 is 4.90 Å². The number of hydrogen-bond donors (Lipinski definition) is 0. The predicted molar refractivity (Wildman–Crippen MR) is 79.9 cm³/mol. The maximum Gasteiger partial charge on any atom is 0.271 e. The summed E-state index contributed by atoms with van der Waals surface area (Å²) in [5.74, 6) is -0.236. The predicted octanol–water partition coefficient (Wildman–Crippen LogP) is 3.45. The van der Waals surface area contributed by atoms with Crippen molar-refractivity contribution < 1.29 is 9.72 Å². The first-order chi connectivity index (χ1) is 10.1. The van der Waals surface area contributed by atoms with Crippen LogP contribution in [0.25, 0.3) is 0 Å². The van der Waals surface area contributed by atoms with Gasteiger partial charge in [0.2, 0.25) is 0 Å². The van der Waals surface area contributed by atoms with Gasteiger partial charge in [0.1, 0.15) is 0 Å². The molecule has 0 N–H and O–H groups in total. The van der Waals surface area contributed by atoms with Crippen LogP contribution in [0.3, 0.4) is 0 Å². The molecule has 3 rings (SSSR count). The van der Waals surface area contributed by atoms with Crippen LogP contribution in [0.15, 0.2) is 42.5 Å². The van der Waals surface area contributed by atoms with Gasteiger partial charge in [-0.25, -0.2) is 0 Å². The first-order valence-corrected chi connectivity index (χ1v) is 6.79. The van der Waals surface area contributed by atoms with E-state index >= 15 is 0 Å². The molecule has 0 aliphatic carbocycles. The minimum absolute atomic E-state index is 0.0207. The molecule has 0 spiro atoms. The molecule has 0 atom stereocenters. The molecule has 0 bridgehead atoms. The fraction of sp³-hybridized carbons (Fsp3) is 0.133. The Balaban J connectivity index is 2.01. The van der Waals surface area contributed by atoms with E-state index in [2.05, 4.69) is 0 Å². The van der Waals surface area contributed by atoms with Crippen molar-refractivity contribution in [3.63, 3.8) is 0 Å². The second-order valence-corrected chi connectivity index (χ2v) is 5.16. The Morgan fingerprint density at radius 1 is 1.24 bits per heavy atom. The fourth-order valence-electron chi connectivity index (χ4n) is 2.47. The van der Waals surface area contributed by atoms with E-state index in [1.165, 1.54) is 12.1 Å². The van der Waals surface area contributed by atoms with E-state index in [0.29, 0.717) is 29.2 Å². The van der Waals surface area contributed by atoms with Crippen LogP contribution in [0.1, 0.15) is 15.9 Å². The second kappa shape index (κ2) is 5.18. The summed E-state index contributed by atoms with van der Waals surface area (Å²) in [5.41, 5.74) is 1.90. The van der Waals surface area contributed by atoms with Crippen molar-refractivity contribution in [1.82, 2.24) is 0 Å². The maximum atomic E-state index is 12.6. The molecule has 2 aromatic rings. The Morgan fingerprint density at radius 2 is 2.00 bits per heavy atom. The zero-order chi connectivity index (χ0) is 15.0. The summed E-state index contributed by atoms with van der Waals surface area (Å²) in [6.45, 7) is 0.501. The van der Waals surface area contributed by atoms with Crippen LogP contribution in [-0.4, -0.2) is 17.4 Å². The summed E-state index contributed by atoms with van der Waals surface area (Å²) >= 11 is 6.05. The number of benzene rings is 2. The number of nitro groups is 1. The number of halogens is 1. The Labute approximate surface area is 125 Å². The lowest BCUT2D eigenvalue weighted by Crippen LogP contribution is -2.29. The molecule has 1 heterocycles. The third-order valence-electron chi connectivity index (χ3n) is 3.52. The van der Waals surface area contributed by atoms with Gasteiger partial charge in [0.15, 0.2) is 0 Å². The van der Waals surface area contributed by atoms with Gasteiger partial charge in [0, 0.05) is 18.7 Å². The van der Waals surface area contributed by atoms with E-state index in [0.717, 1.165) is 5.56 Å². The Bertz CT molecular complexity index is 745. The summed E-state index contributed by atoms with van der Waals surface area (Å²) in [5, 5.41) is 11.3. The number of nitrogens with zero attached hydrogens (tertiary/aromatic N) is 2. The standard InChI is InChI=1S/C15H11ClN2O3/c16-13-4-2-1-3-12(13)15(19)17-8-7-10-5-6-11(18(20)21)9-14(10)17/h1-6,9H,7-8H2. The van der Waals surface area contributed by atoms with Gasteiger partial charge in [-0.2, -0.15) is 0 Å². The molecule has 21 heavy (non-hydrogen) atoms. The number of anilines is 1. The molecule has 6 heteroatoms. The minimum atomic E-state index is -0.462. The smallest absolute Gasteiger partial charge is 0.271 e. The van der Waals surface area contributed by atoms with Crippen molar-refractivity contribution in [3.05, 3.63) is 68.7 Å². The van der Waals surface area contributed by atoms with Crippen molar-refractivity contribution >= 4 is 28.9 Å². The lowest BCUT2D eigenvalue weighted by atomic mass is 10.1. The van der Waals surface area contributed by atoms with Crippen molar-refractivity contribution in [2.45, 2.75) is 6.42 Å². The number of rotatable bonds is 2. The zero-order valence-corrected chi connectivity index (χ0v) is 11.7. The van der Waals surface area contributed by atoms with Gasteiger partial charge in [0.05, 0.1) is 21.2 Å². The Kier molecular flexibility index (Phi) is 3.35. The molecule has 5 nitrogen and oxygen atoms in total. The van der Waals surface area contributed by atoms with Crippen molar-refractivity contribution in [2.24, 2.45) is 0 Å². The average molecular weight is 303 g/mol. The number of hydrogen-bond acceptors (Lipinski definition) is 3. The van der Waals surface area contributed by atoms with Crippen LogP contribution >= 0.6 is 11.6 Å². The molecule has 0 saturated carbocycles. The lowest BCUT2D eigenvalue weighted by molar-refractivity contribution is -0.384. The molecule has 0 saturated heterocycles. The van der Waals surface area contributed by atoms with Crippen molar-refractivity contribution in [3.8, 4) is 0 Å². The van der Waals surface area contributed by atoms with Gasteiger partial charge >= 0.3 is 0 Å². The molecular weight excluding hydrogens is 292 g/mol. The normalized spacial score (nSPS) is 13.1. The monoisotopic (exact) mass is 302 g/mol. The maximum absolute atomic E-state index is 12.6. The molecule has 0 unspecified atom stereocenters. The van der Waals surface area contributed by atoms with Gasteiger partial charge in [-0.15, -0.1) is 0 Å². The largest absolute Gasteiger partial charge is 0.307 e. The van der Waals surface area contributed by atoms with E-state index < -0.39 is 4.92 Å². The van der Waals surface area contributed by atoms with Crippen molar-refractivity contribution in [1.29, 1.82) is 0 Å². The van der Waals surface area contributed by atoms with Crippen LogP contribution in [0.2, 0.25) is 5.02 Å². The summed E-state index contributed by atoms with van der Waals surface area (Å²) in [4.78, 5) is 24.5. The molecule has 1 amide bonds. The van der Waals surface area contributed by atoms with E-state index in [9.17, 15) is 14.9 Å². The molecule has 106 valence electrons. The topological polar surface area (TPSA) is 63.5 Å². The third kappa shape index (κ3) is 2.36. The number of fused-ring (bicyclic) bond motifs is 1. The molecule has 0 radical (unpaired) electrons. The first kappa shape index (κ1) is 13.6. The molecule has 2 aromatic carbocycles. The third-order valence-corrected chi connectivity index (χ3v) is 3.85. The van der Waals surface area contributed by atoms with Gasteiger partial charge in [0.25, 0.3) is 11.6 Å². The number of non-ortho nitro benzene ring substituents is 1. The minimum Gasteiger partial charge on any atom is -0.307 e. The van der Waals surface area contributed by atoms with Crippen molar-refractivity contribution in [2.75, 3.05) is 11.4 Å². The van der Waals surface area contributed by atoms with Gasteiger partial charge in [-0.05, 0) is 24.1 Å². The van der Waals surface area contributed by atoms with E-state index in [1.807, 2.05) is 0 Å². The second-order valence-electron chi connectivity index (χ2n) is 4.76. The fourth-order valence-corrected chi connectivity index (χ4v) is 2.69.